The zero-order chi connectivity index (χ0) is 14.8. The van der Waals surface area contributed by atoms with Crippen LogP contribution in [0.4, 0.5) is 13.2 Å². The number of ether oxygens (including phenoxy) is 1. The minimum atomic E-state index is -4.20. The van der Waals surface area contributed by atoms with Gasteiger partial charge in [0.15, 0.2) is 4.77 Å². The lowest BCUT2D eigenvalue weighted by atomic mass is 10.3. The molecule has 20 heavy (non-hydrogen) atoms. The quantitative estimate of drug-likeness (QED) is 0.828. The summed E-state index contributed by atoms with van der Waals surface area (Å²) in [6.07, 6.45) is -4.26. The molecule has 2 aromatic rings. The predicted octanol–water partition coefficient (Wildman–Crippen LogP) is 4.44. The van der Waals surface area contributed by atoms with Gasteiger partial charge in [0, 0.05) is 6.54 Å². The van der Waals surface area contributed by atoms with Crippen LogP contribution < -0.4 is 4.74 Å². The van der Waals surface area contributed by atoms with Gasteiger partial charge < -0.3 is 14.3 Å². The van der Waals surface area contributed by atoms with E-state index in [1.807, 2.05) is 6.92 Å². The number of benzene rings is 1. The van der Waals surface area contributed by atoms with E-state index in [9.17, 15) is 13.2 Å². The molecule has 2 rings (SSSR count). The van der Waals surface area contributed by atoms with Crippen LogP contribution in [-0.2, 0) is 6.54 Å². The normalized spacial score (nSPS) is 12.0. The first kappa shape index (κ1) is 14.9. The van der Waals surface area contributed by atoms with Crippen LogP contribution in [0, 0.1) is 4.77 Å². The Morgan fingerprint density at radius 3 is 2.75 bits per heavy atom. The third kappa shape index (κ3) is 3.33. The molecule has 0 saturated heterocycles. The van der Waals surface area contributed by atoms with Gasteiger partial charge in [-0.1, -0.05) is 13.0 Å². The molecule has 1 aromatic carbocycles. The van der Waals surface area contributed by atoms with Gasteiger partial charge in [0.25, 0.3) is 0 Å². The summed E-state index contributed by atoms with van der Waals surface area (Å²) in [5.41, 5.74) is 1.28. The van der Waals surface area contributed by atoms with Gasteiger partial charge in [0.1, 0.15) is 11.3 Å². The van der Waals surface area contributed by atoms with Gasteiger partial charge in [-0.2, -0.15) is 13.2 Å². The molecule has 0 spiro atoms. The van der Waals surface area contributed by atoms with Crippen LogP contribution in [0.15, 0.2) is 18.2 Å². The van der Waals surface area contributed by atoms with Crippen molar-refractivity contribution >= 4 is 23.3 Å². The van der Waals surface area contributed by atoms with Gasteiger partial charge in [-0.3, -0.25) is 0 Å². The van der Waals surface area contributed by atoms with Crippen LogP contribution in [0.25, 0.3) is 11.0 Å². The van der Waals surface area contributed by atoms with Crippen molar-refractivity contribution in [3.05, 3.63) is 23.0 Å². The summed E-state index contributed by atoms with van der Waals surface area (Å²) in [6, 6.07) is 5.26. The fourth-order valence-electron chi connectivity index (χ4n) is 1.95. The van der Waals surface area contributed by atoms with Crippen molar-refractivity contribution in [1.29, 1.82) is 0 Å². The largest absolute Gasteiger partial charge is 0.491 e. The molecule has 3 nitrogen and oxygen atoms in total. The smallest absolute Gasteiger partial charge is 0.390 e. The van der Waals surface area contributed by atoms with Gasteiger partial charge >= 0.3 is 6.18 Å². The molecule has 0 unspecified atom stereocenters. The minimum absolute atomic E-state index is 0.195. The van der Waals surface area contributed by atoms with Crippen molar-refractivity contribution in [2.75, 3.05) is 6.61 Å². The lowest BCUT2D eigenvalue weighted by Crippen LogP contribution is -2.12. The average Bonchev–Trinajstić information content (AvgIpc) is 2.69. The Labute approximate surface area is 119 Å². The Kier molecular flexibility index (Phi) is 4.37. The molecule has 110 valence electrons. The summed E-state index contributed by atoms with van der Waals surface area (Å²) >= 11 is 5.10. The first-order valence-corrected chi connectivity index (χ1v) is 6.74. The number of rotatable bonds is 5. The van der Waals surface area contributed by atoms with Crippen molar-refractivity contribution in [2.45, 2.75) is 32.5 Å². The van der Waals surface area contributed by atoms with Gasteiger partial charge in [-0.15, -0.1) is 0 Å². The number of hydrogen-bond donors (Lipinski definition) is 1. The Bertz CT molecular complexity index is 645. The number of imidazole rings is 1. The molecule has 0 aliphatic rings. The summed E-state index contributed by atoms with van der Waals surface area (Å²) in [6.45, 7) is 2.34. The maximum Gasteiger partial charge on any atom is 0.390 e. The molecule has 0 atom stereocenters. The lowest BCUT2D eigenvalue weighted by molar-refractivity contribution is -0.136. The number of fused-ring (bicyclic) bond motifs is 1. The molecule has 0 saturated carbocycles. The minimum Gasteiger partial charge on any atom is -0.491 e. The number of para-hydroxylation sites is 1. The van der Waals surface area contributed by atoms with E-state index in [0.29, 0.717) is 23.4 Å². The molecule has 0 amide bonds. The number of H-pyrrole nitrogens is 1. The molecular formula is C13H15F3N2OS. The summed E-state index contributed by atoms with van der Waals surface area (Å²) in [7, 11) is 0. The lowest BCUT2D eigenvalue weighted by Gasteiger charge is -2.09. The molecule has 1 N–H and O–H groups in total. The van der Waals surface area contributed by atoms with Crippen LogP contribution in [0.3, 0.4) is 0 Å². The molecule has 1 heterocycles. The molecule has 0 radical (unpaired) electrons. The summed E-state index contributed by atoms with van der Waals surface area (Å²) < 4.78 is 44.3. The monoisotopic (exact) mass is 304 g/mol. The van der Waals surface area contributed by atoms with E-state index in [2.05, 4.69) is 4.98 Å². The zero-order valence-corrected chi connectivity index (χ0v) is 11.8. The zero-order valence-electron chi connectivity index (χ0n) is 11.0. The van der Waals surface area contributed by atoms with E-state index in [4.69, 9.17) is 17.0 Å². The van der Waals surface area contributed by atoms with Crippen molar-refractivity contribution in [1.82, 2.24) is 9.55 Å². The van der Waals surface area contributed by atoms with E-state index in [1.165, 1.54) is 4.57 Å². The highest BCUT2D eigenvalue weighted by Crippen LogP contribution is 2.27. The van der Waals surface area contributed by atoms with Crippen LogP contribution in [0.2, 0.25) is 0 Å². The van der Waals surface area contributed by atoms with Crippen LogP contribution in [-0.4, -0.2) is 22.3 Å². The Morgan fingerprint density at radius 1 is 1.35 bits per heavy atom. The van der Waals surface area contributed by atoms with Crippen LogP contribution in [0.5, 0.6) is 5.75 Å². The second-order valence-electron chi connectivity index (χ2n) is 4.45. The number of nitrogens with one attached hydrogen (secondary N) is 1. The van der Waals surface area contributed by atoms with Crippen LogP contribution in [0.1, 0.15) is 19.8 Å². The summed E-state index contributed by atoms with van der Waals surface area (Å²) in [5.74, 6) is 0.612. The number of hydrogen-bond acceptors (Lipinski definition) is 2. The Balaban J connectivity index is 2.36. The van der Waals surface area contributed by atoms with E-state index in [0.717, 1.165) is 6.42 Å². The molecule has 0 aliphatic carbocycles. The fraction of sp³-hybridized carbons (Fsp3) is 0.462. The SMILES string of the molecule is CCCOc1cccc2c1[nH]c(=S)n2CCC(F)(F)F. The number of halogens is 3. The molecule has 0 aliphatic heterocycles. The van der Waals surface area contributed by atoms with Gasteiger partial charge in [-0.05, 0) is 30.8 Å². The highest BCUT2D eigenvalue weighted by Gasteiger charge is 2.27. The number of nitrogens with zero attached hydrogens (tertiary/aromatic N) is 1. The van der Waals surface area contributed by atoms with E-state index >= 15 is 0 Å². The highest BCUT2D eigenvalue weighted by molar-refractivity contribution is 7.71. The Hall–Kier alpha value is -1.50. The Morgan fingerprint density at radius 2 is 2.10 bits per heavy atom. The van der Waals surface area contributed by atoms with Crippen molar-refractivity contribution in [3.8, 4) is 5.75 Å². The van der Waals surface area contributed by atoms with Gasteiger partial charge in [0.05, 0.1) is 18.5 Å². The first-order chi connectivity index (χ1) is 9.42. The standard InChI is InChI=1S/C13H15F3N2OS/c1-2-8-19-10-5-3-4-9-11(10)17-12(20)18(9)7-6-13(14,15)16/h3-5H,2,6-8H2,1H3,(H,17,20). The second kappa shape index (κ2) is 5.87. The summed E-state index contributed by atoms with van der Waals surface area (Å²) in [4.78, 5) is 2.93. The van der Waals surface area contributed by atoms with Gasteiger partial charge in [-0.25, -0.2) is 0 Å². The number of aryl methyl sites for hydroxylation is 1. The van der Waals surface area contributed by atoms with Crippen molar-refractivity contribution in [3.63, 3.8) is 0 Å². The second-order valence-corrected chi connectivity index (χ2v) is 4.83. The van der Waals surface area contributed by atoms with Gasteiger partial charge in [0.2, 0.25) is 0 Å². The predicted molar refractivity (Wildman–Crippen MR) is 73.6 cm³/mol. The topological polar surface area (TPSA) is 29.9 Å². The molecular weight excluding hydrogens is 289 g/mol. The van der Waals surface area contributed by atoms with Crippen LogP contribution >= 0.6 is 12.2 Å². The molecule has 7 heteroatoms. The third-order valence-electron chi connectivity index (χ3n) is 2.85. The molecule has 1 aromatic heterocycles. The van der Waals surface area contributed by atoms with E-state index in [-0.39, 0.29) is 11.3 Å². The number of aromatic amines is 1. The fourth-order valence-corrected chi connectivity index (χ4v) is 2.24. The first-order valence-electron chi connectivity index (χ1n) is 6.33. The molecule has 0 bridgehead atoms. The van der Waals surface area contributed by atoms with E-state index < -0.39 is 12.6 Å². The third-order valence-corrected chi connectivity index (χ3v) is 3.18. The number of alkyl halides is 3. The maximum absolute atomic E-state index is 12.3. The highest BCUT2D eigenvalue weighted by atomic mass is 32.1. The maximum atomic E-state index is 12.3. The summed E-state index contributed by atoms with van der Waals surface area (Å²) in [5, 5.41) is 0. The van der Waals surface area contributed by atoms with E-state index in [1.54, 1.807) is 18.2 Å². The number of aromatic nitrogens is 2. The van der Waals surface area contributed by atoms with Crippen molar-refractivity contribution < 1.29 is 17.9 Å². The average molecular weight is 304 g/mol. The molecule has 0 fully saturated rings. The van der Waals surface area contributed by atoms with Crippen molar-refractivity contribution in [2.24, 2.45) is 0 Å².